The van der Waals surface area contributed by atoms with Crippen LogP contribution in [0.5, 0.6) is 5.88 Å². The van der Waals surface area contributed by atoms with Gasteiger partial charge < -0.3 is 14.8 Å². The Morgan fingerprint density at radius 1 is 1.47 bits per heavy atom. The molecule has 2 bridgehead atoms. The van der Waals surface area contributed by atoms with Gasteiger partial charge in [0.15, 0.2) is 0 Å². The van der Waals surface area contributed by atoms with Crippen LogP contribution >= 0.6 is 0 Å². The van der Waals surface area contributed by atoms with Gasteiger partial charge in [-0.2, -0.15) is 4.98 Å². The predicted molar refractivity (Wildman–Crippen MR) is 65.3 cm³/mol. The molecular weight excluding hydrogens is 216 g/mol. The molecule has 0 radical (unpaired) electrons. The van der Waals surface area contributed by atoms with Crippen molar-refractivity contribution in [1.29, 1.82) is 0 Å². The van der Waals surface area contributed by atoms with Crippen LogP contribution in [0, 0.1) is 5.92 Å². The summed E-state index contributed by atoms with van der Waals surface area (Å²) >= 11 is 0. The third kappa shape index (κ3) is 2.22. The van der Waals surface area contributed by atoms with E-state index in [2.05, 4.69) is 10.3 Å². The van der Waals surface area contributed by atoms with E-state index in [-0.39, 0.29) is 0 Å². The minimum Gasteiger partial charge on any atom is -0.481 e. The molecule has 0 spiro atoms. The molecule has 3 unspecified atom stereocenters. The highest BCUT2D eigenvalue weighted by Gasteiger charge is 2.40. The molecule has 1 aromatic heterocycles. The van der Waals surface area contributed by atoms with Crippen LogP contribution in [0.15, 0.2) is 18.2 Å². The fourth-order valence-corrected chi connectivity index (χ4v) is 2.82. The van der Waals surface area contributed by atoms with E-state index in [1.165, 1.54) is 19.3 Å². The fraction of sp³-hybridized carbons (Fsp3) is 0.615. The summed E-state index contributed by atoms with van der Waals surface area (Å²) in [4.78, 5) is 4.34. The van der Waals surface area contributed by atoms with Crippen LogP contribution in [0.3, 0.4) is 0 Å². The van der Waals surface area contributed by atoms with Gasteiger partial charge in [-0.3, -0.25) is 0 Å². The van der Waals surface area contributed by atoms with E-state index in [4.69, 9.17) is 9.47 Å². The molecule has 2 fully saturated rings. The summed E-state index contributed by atoms with van der Waals surface area (Å²) in [6, 6.07) is 5.77. The zero-order valence-corrected chi connectivity index (χ0v) is 10.1. The summed E-state index contributed by atoms with van der Waals surface area (Å²) in [5.41, 5.74) is 0. The number of nitrogens with one attached hydrogen (secondary N) is 1. The Morgan fingerprint density at radius 2 is 2.41 bits per heavy atom. The van der Waals surface area contributed by atoms with E-state index >= 15 is 0 Å². The molecule has 4 nitrogen and oxygen atoms in total. The van der Waals surface area contributed by atoms with Crippen LogP contribution in [0.2, 0.25) is 0 Å². The van der Waals surface area contributed by atoms with Crippen LogP contribution in [-0.2, 0) is 4.74 Å². The van der Waals surface area contributed by atoms with Gasteiger partial charge in [-0.15, -0.1) is 0 Å². The van der Waals surface area contributed by atoms with Crippen LogP contribution in [0.4, 0.5) is 5.82 Å². The summed E-state index contributed by atoms with van der Waals surface area (Å²) in [5.74, 6) is 2.17. The van der Waals surface area contributed by atoms with E-state index in [1.807, 2.05) is 18.2 Å². The van der Waals surface area contributed by atoms with Crippen molar-refractivity contribution < 1.29 is 9.47 Å². The molecule has 1 aromatic rings. The number of ether oxygens (including phenoxy) is 2. The van der Waals surface area contributed by atoms with Gasteiger partial charge in [-0.1, -0.05) is 6.07 Å². The van der Waals surface area contributed by atoms with Gasteiger partial charge in [0, 0.05) is 18.5 Å². The number of nitrogens with zero attached hydrogens (tertiary/aromatic N) is 1. The minimum atomic E-state index is 0.470. The SMILES string of the molecule is COc1cccc(NCC2CC3CCC2O3)n1. The molecule has 0 amide bonds. The van der Waals surface area contributed by atoms with Crippen molar-refractivity contribution in [2.45, 2.75) is 31.5 Å². The van der Waals surface area contributed by atoms with Crippen molar-refractivity contribution in [3.63, 3.8) is 0 Å². The van der Waals surface area contributed by atoms with E-state index in [1.54, 1.807) is 7.11 Å². The monoisotopic (exact) mass is 234 g/mol. The second-order valence-corrected chi connectivity index (χ2v) is 4.82. The standard InChI is InChI=1S/C13H18N2O2/c1-16-13-4-2-3-12(15-13)14-8-9-7-10-5-6-11(9)17-10/h2-4,9-11H,5-8H2,1H3,(H,14,15). The number of anilines is 1. The van der Waals surface area contributed by atoms with Crippen LogP contribution in [-0.4, -0.2) is 30.8 Å². The molecule has 2 aliphatic heterocycles. The smallest absolute Gasteiger partial charge is 0.214 e. The highest BCUT2D eigenvalue weighted by molar-refractivity contribution is 5.37. The number of aromatic nitrogens is 1. The first kappa shape index (κ1) is 10.8. The lowest BCUT2D eigenvalue weighted by molar-refractivity contribution is 0.0941. The van der Waals surface area contributed by atoms with Crippen molar-refractivity contribution in [3.05, 3.63) is 18.2 Å². The quantitative estimate of drug-likeness (QED) is 0.866. The Balaban J connectivity index is 1.56. The van der Waals surface area contributed by atoms with E-state index < -0.39 is 0 Å². The number of pyridine rings is 1. The summed E-state index contributed by atoms with van der Waals surface area (Å²) in [7, 11) is 1.63. The largest absolute Gasteiger partial charge is 0.481 e. The number of hydrogen-bond acceptors (Lipinski definition) is 4. The van der Waals surface area contributed by atoms with E-state index in [0.29, 0.717) is 24.0 Å². The van der Waals surface area contributed by atoms with Crippen LogP contribution < -0.4 is 10.1 Å². The second kappa shape index (κ2) is 4.53. The average molecular weight is 234 g/mol. The summed E-state index contributed by atoms with van der Waals surface area (Å²) in [6.07, 6.45) is 4.66. The molecule has 3 rings (SSSR count). The Bertz CT molecular complexity index is 397. The number of hydrogen-bond donors (Lipinski definition) is 1. The molecule has 17 heavy (non-hydrogen) atoms. The highest BCUT2D eigenvalue weighted by Crippen LogP contribution is 2.38. The van der Waals surface area contributed by atoms with Gasteiger partial charge >= 0.3 is 0 Å². The lowest BCUT2D eigenvalue weighted by Gasteiger charge is -2.19. The third-order valence-electron chi connectivity index (χ3n) is 3.71. The lowest BCUT2D eigenvalue weighted by atomic mass is 9.89. The molecule has 92 valence electrons. The van der Waals surface area contributed by atoms with E-state index in [9.17, 15) is 0 Å². The van der Waals surface area contributed by atoms with Gasteiger partial charge in [0.05, 0.1) is 19.3 Å². The fourth-order valence-electron chi connectivity index (χ4n) is 2.82. The van der Waals surface area contributed by atoms with Gasteiger partial charge in [-0.05, 0) is 25.3 Å². The van der Waals surface area contributed by atoms with Crippen molar-refractivity contribution in [1.82, 2.24) is 4.98 Å². The first-order valence-electron chi connectivity index (χ1n) is 6.25. The summed E-state index contributed by atoms with van der Waals surface area (Å²) in [5, 5.41) is 3.38. The zero-order chi connectivity index (χ0) is 11.7. The van der Waals surface area contributed by atoms with Gasteiger partial charge in [-0.25, -0.2) is 0 Å². The number of fused-ring (bicyclic) bond motifs is 2. The lowest BCUT2D eigenvalue weighted by Crippen LogP contribution is -2.24. The molecule has 2 saturated heterocycles. The Hall–Kier alpha value is -1.29. The predicted octanol–water partition coefficient (Wildman–Crippen LogP) is 2.07. The summed E-state index contributed by atoms with van der Waals surface area (Å²) in [6.45, 7) is 0.946. The molecule has 0 saturated carbocycles. The molecule has 3 heterocycles. The Kier molecular flexibility index (Phi) is 2.89. The van der Waals surface area contributed by atoms with Crippen molar-refractivity contribution in [3.8, 4) is 5.88 Å². The van der Waals surface area contributed by atoms with Gasteiger partial charge in [0.25, 0.3) is 0 Å². The molecular formula is C13H18N2O2. The molecule has 0 aliphatic carbocycles. The maximum Gasteiger partial charge on any atom is 0.214 e. The number of methoxy groups -OCH3 is 1. The molecule has 1 N–H and O–H groups in total. The highest BCUT2D eigenvalue weighted by atomic mass is 16.5. The number of rotatable bonds is 4. The van der Waals surface area contributed by atoms with Crippen LogP contribution in [0.1, 0.15) is 19.3 Å². The maximum absolute atomic E-state index is 5.83. The summed E-state index contributed by atoms with van der Waals surface area (Å²) < 4.78 is 10.9. The second-order valence-electron chi connectivity index (χ2n) is 4.82. The molecule has 0 aromatic carbocycles. The van der Waals surface area contributed by atoms with Gasteiger partial charge in [0.1, 0.15) is 5.82 Å². The minimum absolute atomic E-state index is 0.470. The first-order valence-corrected chi connectivity index (χ1v) is 6.25. The average Bonchev–Trinajstić information content (AvgIpc) is 2.99. The van der Waals surface area contributed by atoms with E-state index in [0.717, 1.165) is 12.4 Å². The molecule has 4 heteroatoms. The molecule has 2 aliphatic rings. The van der Waals surface area contributed by atoms with Crippen LogP contribution in [0.25, 0.3) is 0 Å². The Labute approximate surface area is 101 Å². The van der Waals surface area contributed by atoms with Crippen molar-refractivity contribution >= 4 is 5.82 Å². The normalized spacial score (nSPS) is 30.5. The zero-order valence-electron chi connectivity index (χ0n) is 10.1. The van der Waals surface area contributed by atoms with Gasteiger partial charge in [0.2, 0.25) is 5.88 Å². The maximum atomic E-state index is 5.83. The molecule has 3 atom stereocenters. The topological polar surface area (TPSA) is 43.4 Å². The van der Waals surface area contributed by atoms with Crippen molar-refractivity contribution in [2.75, 3.05) is 19.0 Å². The first-order chi connectivity index (χ1) is 8.35. The Morgan fingerprint density at radius 3 is 3.12 bits per heavy atom. The third-order valence-corrected chi connectivity index (χ3v) is 3.71. The van der Waals surface area contributed by atoms with Crippen molar-refractivity contribution in [2.24, 2.45) is 5.92 Å².